The van der Waals surface area contributed by atoms with Gasteiger partial charge in [-0.1, -0.05) is 13.0 Å². The Hall–Kier alpha value is -0.970. The maximum Gasteiger partial charge on any atom is 0.0582 e. The van der Waals surface area contributed by atoms with Gasteiger partial charge in [0.25, 0.3) is 0 Å². The van der Waals surface area contributed by atoms with E-state index in [1.54, 1.807) is 0 Å². The summed E-state index contributed by atoms with van der Waals surface area (Å²) in [6, 6.07) is 6.79. The fourth-order valence-electron chi connectivity index (χ4n) is 2.76. The summed E-state index contributed by atoms with van der Waals surface area (Å²) >= 11 is 0. The molecule has 1 saturated heterocycles. The molecule has 1 aromatic heterocycles. The number of likely N-dealkylation sites (tertiary alicyclic amines) is 1. The van der Waals surface area contributed by atoms with E-state index in [-0.39, 0.29) is 12.6 Å². The lowest BCUT2D eigenvalue weighted by Gasteiger charge is -2.38. The topological polar surface area (TPSA) is 48.4 Å². The van der Waals surface area contributed by atoms with Gasteiger partial charge in [-0.2, -0.15) is 0 Å². The highest BCUT2D eigenvalue weighted by atomic mass is 16.3. The molecule has 2 N–H and O–H groups in total. The summed E-state index contributed by atoms with van der Waals surface area (Å²) in [6.45, 7) is 7.65. The SMILES string of the molecule is CC1CN(Cc2ccccn2)CCC1N[C@H](C)CO. The van der Waals surface area contributed by atoms with Gasteiger partial charge in [0.05, 0.1) is 12.3 Å². The zero-order chi connectivity index (χ0) is 13.7. The lowest BCUT2D eigenvalue weighted by molar-refractivity contribution is 0.125. The number of aromatic nitrogens is 1. The van der Waals surface area contributed by atoms with Gasteiger partial charge in [-0.3, -0.25) is 9.88 Å². The molecule has 2 rings (SSSR count). The van der Waals surface area contributed by atoms with Crippen LogP contribution in [0.15, 0.2) is 24.4 Å². The molecule has 0 saturated carbocycles. The van der Waals surface area contributed by atoms with Crippen LogP contribution in [0.2, 0.25) is 0 Å². The van der Waals surface area contributed by atoms with E-state index in [1.165, 1.54) is 0 Å². The van der Waals surface area contributed by atoms with E-state index in [1.807, 2.05) is 25.3 Å². The monoisotopic (exact) mass is 263 g/mol. The van der Waals surface area contributed by atoms with Crippen LogP contribution in [-0.2, 0) is 6.54 Å². The second-order valence-electron chi connectivity index (χ2n) is 5.68. The molecule has 1 aliphatic rings. The quantitative estimate of drug-likeness (QED) is 0.840. The van der Waals surface area contributed by atoms with Crippen molar-refractivity contribution < 1.29 is 5.11 Å². The van der Waals surface area contributed by atoms with Gasteiger partial charge in [0.2, 0.25) is 0 Å². The molecule has 0 spiro atoms. The Morgan fingerprint density at radius 3 is 3.00 bits per heavy atom. The predicted molar refractivity (Wildman–Crippen MR) is 76.8 cm³/mol. The van der Waals surface area contributed by atoms with E-state index in [0.717, 1.165) is 31.7 Å². The molecule has 2 unspecified atom stereocenters. The van der Waals surface area contributed by atoms with Crippen molar-refractivity contribution in [3.8, 4) is 0 Å². The summed E-state index contributed by atoms with van der Waals surface area (Å²) in [7, 11) is 0. The first kappa shape index (κ1) is 14.4. The average molecular weight is 263 g/mol. The second-order valence-corrected chi connectivity index (χ2v) is 5.68. The zero-order valence-corrected chi connectivity index (χ0v) is 11.9. The standard InChI is InChI=1S/C15H25N3O/c1-12-9-18(10-14-5-3-4-7-16-14)8-6-15(12)17-13(2)11-19/h3-5,7,12-13,15,17,19H,6,8-11H2,1-2H3/t12?,13-,15?/m1/s1. The van der Waals surface area contributed by atoms with Gasteiger partial charge in [0, 0.05) is 37.9 Å². The third kappa shape index (κ3) is 4.27. The smallest absolute Gasteiger partial charge is 0.0582 e. The Morgan fingerprint density at radius 2 is 2.37 bits per heavy atom. The average Bonchev–Trinajstić information content (AvgIpc) is 2.43. The molecule has 1 aliphatic heterocycles. The summed E-state index contributed by atoms with van der Waals surface area (Å²) in [6.07, 6.45) is 2.99. The Labute approximate surface area is 115 Å². The Bertz CT molecular complexity index is 371. The molecule has 0 bridgehead atoms. The fraction of sp³-hybridized carbons (Fsp3) is 0.667. The van der Waals surface area contributed by atoms with Crippen LogP contribution in [0.1, 0.15) is 26.0 Å². The fourth-order valence-corrected chi connectivity index (χ4v) is 2.76. The van der Waals surface area contributed by atoms with E-state index in [9.17, 15) is 0 Å². The van der Waals surface area contributed by atoms with E-state index >= 15 is 0 Å². The Kier molecular flexibility index (Phi) is 5.31. The number of hydrogen-bond donors (Lipinski definition) is 2. The number of piperidine rings is 1. The van der Waals surface area contributed by atoms with Gasteiger partial charge in [0.15, 0.2) is 0 Å². The maximum absolute atomic E-state index is 9.12. The number of nitrogens with zero attached hydrogens (tertiary/aromatic N) is 2. The van der Waals surface area contributed by atoms with Crippen LogP contribution in [0.5, 0.6) is 0 Å². The van der Waals surface area contributed by atoms with E-state index in [0.29, 0.717) is 12.0 Å². The molecule has 0 amide bonds. The molecular weight excluding hydrogens is 238 g/mol. The summed E-state index contributed by atoms with van der Waals surface area (Å²) < 4.78 is 0. The van der Waals surface area contributed by atoms with E-state index < -0.39 is 0 Å². The summed E-state index contributed by atoms with van der Waals surface area (Å²) in [5.74, 6) is 0.603. The van der Waals surface area contributed by atoms with Crippen LogP contribution in [0.25, 0.3) is 0 Å². The first-order valence-corrected chi connectivity index (χ1v) is 7.18. The minimum absolute atomic E-state index is 0.190. The molecule has 0 radical (unpaired) electrons. The number of hydrogen-bond acceptors (Lipinski definition) is 4. The summed E-state index contributed by atoms with van der Waals surface area (Å²) in [4.78, 5) is 6.86. The molecule has 106 valence electrons. The normalized spacial score (nSPS) is 26.3. The number of rotatable bonds is 5. The molecule has 1 fully saturated rings. The molecule has 4 nitrogen and oxygen atoms in total. The second kappa shape index (κ2) is 6.98. The minimum Gasteiger partial charge on any atom is -0.395 e. The van der Waals surface area contributed by atoms with Gasteiger partial charge in [-0.15, -0.1) is 0 Å². The molecule has 2 heterocycles. The molecule has 1 aromatic rings. The van der Waals surface area contributed by atoms with Crippen LogP contribution in [0.4, 0.5) is 0 Å². The lowest BCUT2D eigenvalue weighted by Crippen LogP contribution is -2.51. The predicted octanol–water partition coefficient (Wildman–Crippen LogP) is 1.26. The zero-order valence-electron chi connectivity index (χ0n) is 11.9. The molecule has 19 heavy (non-hydrogen) atoms. The van der Waals surface area contributed by atoms with Crippen LogP contribution in [-0.4, -0.2) is 46.8 Å². The van der Waals surface area contributed by atoms with Crippen molar-refractivity contribution in [1.82, 2.24) is 15.2 Å². The van der Waals surface area contributed by atoms with Crippen molar-refractivity contribution in [1.29, 1.82) is 0 Å². The molecule has 0 aromatic carbocycles. The largest absolute Gasteiger partial charge is 0.395 e. The molecule has 4 heteroatoms. The Morgan fingerprint density at radius 1 is 1.53 bits per heavy atom. The van der Waals surface area contributed by atoms with Gasteiger partial charge in [0.1, 0.15) is 0 Å². The number of aliphatic hydroxyl groups is 1. The third-order valence-corrected chi connectivity index (χ3v) is 3.87. The summed E-state index contributed by atoms with van der Waals surface area (Å²) in [5, 5.41) is 12.6. The van der Waals surface area contributed by atoms with Crippen molar-refractivity contribution in [3.63, 3.8) is 0 Å². The van der Waals surface area contributed by atoms with Gasteiger partial charge in [-0.05, 0) is 31.4 Å². The Balaban J connectivity index is 1.83. The van der Waals surface area contributed by atoms with Crippen molar-refractivity contribution >= 4 is 0 Å². The highest BCUT2D eigenvalue weighted by Crippen LogP contribution is 2.18. The van der Waals surface area contributed by atoms with E-state index in [2.05, 4.69) is 28.2 Å². The maximum atomic E-state index is 9.12. The van der Waals surface area contributed by atoms with E-state index in [4.69, 9.17) is 5.11 Å². The molecule has 3 atom stereocenters. The van der Waals surface area contributed by atoms with Crippen molar-refractivity contribution in [2.75, 3.05) is 19.7 Å². The number of pyridine rings is 1. The van der Waals surface area contributed by atoms with Crippen molar-refractivity contribution in [2.45, 2.75) is 38.9 Å². The van der Waals surface area contributed by atoms with Gasteiger partial charge < -0.3 is 10.4 Å². The van der Waals surface area contributed by atoms with Crippen LogP contribution in [0, 0.1) is 5.92 Å². The third-order valence-electron chi connectivity index (χ3n) is 3.87. The van der Waals surface area contributed by atoms with Crippen LogP contribution < -0.4 is 5.32 Å². The van der Waals surface area contributed by atoms with Gasteiger partial charge in [-0.25, -0.2) is 0 Å². The van der Waals surface area contributed by atoms with Gasteiger partial charge >= 0.3 is 0 Å². The highest BCUT2D eigenvalue weighted by Gasteiger charge is 2.26. The van der Waals surface area contributed by atoms with Crippen molar-refractivity contribution in [2.24, 2.45) is 5.92 Å². The highest BCUT2D eigenvalue weighted by molar-refractivity contribution is 5.03. The van der Waals surface area contributed by atoms with Crippen molar-refractivity contribution in [3.05, 3.63) is 30.1 Å². The molecular formula is C15H25N3O. The molecule has 0 aliphatic carbocycles. The van der Waals surface area contributed by atoms with Crippen LogP contribution >= 0.6 is 0 Å². The minimum atomic E-state index is 0.190. The first-order chi connectivity index (χ1) is 9.19. The lowest BCUT2D eigenvalue weighted by atomic mass is 9.93. The summed E-state index contributed by atoms with van der Waals surface area (Å²) in [5.41, 5.74) is 1.14. The van der Waals surface area contributed by atoms with Crippen LogP contribution in [0.3, 0.4) is 0 Å². The number of aliphatic hydroxyl groups excluding tert-OH is 1. The number of nitrogens with one attached hydrogen (secondary N) is 1. The first-order valence-electron chi connectivity index (χ1n) is 7.18.